The lowest BCUT2D eigenvalue weighted by Gasteiger charge is -2.36. The van der Waals surface area contributed by atoms with E-state index >= 15 is 0 Å². The summed E-state index contributed by atoms with van der Waals surface area (Å²) in [6.07, 6.45) is 7.84. The highest BCUT2D eigenvalue weighted by molar-refractivity contribution is 7.98. The van der Waals surface area contributed by atoms with Crippen molar-refractivity contribution in [2.75, 3.05) is 26.8 Å². The predicted octanol–water partition coefficient (Wildman–Crippen LogP) is 4.69. The average Bonchev–Trinajstić information content (AvgIpc) is 4.02. The number of alkyl carbamates (subject to hydrolysis) is 1. The molecule has 3 aliphatic heterocycles. The number of nitrogens with one attached hydrogen (secondary N) is 3. The fourth-order valence-corrected chi connectivity index (χ4v) is 8.33. The Morgan fingerprint density at radius 2 is 1.91 bits per heavy atom. The predicted molar refractivity (Wildman–Crippen MR) is 195 cm³/mol. The molecule has 15 heteroatoms. The number of amides is 5. The Morgan fingerprint density at radius 1 is 1.11 bits per heavy atom. The van der Waals surface area contributed by atoms with Crippen LogP contribution in [-0.4, -0.2) is 101 Å². The van der Waals surface area contributed by atoms with Gasteiger partial charge in [-0.3, -0.25) is 24.0 Å². The second kappa shape index (κ2) is 16.3. The Balaban J connectivity index is 1.25. The molecule has 2 saturated carbocycles. The Bertz CT molecular complexity index is 1600. The standard InChI is InChI=1S/C38H52FN5O8S/c1-37(2,3)52-35(48)40-29-14-9-7-5-6-8-11-23-20-38(23,34(47)42-53-25-15-16-25)41-32(45)30-19-24(21-44(30)33(29)46)51-36(49)43-18-17-26-27(31(43)22-50-4)12-10-13-28(26)39/h8,10-13,23-25,29-31H,5-7,9,14-22H2,1-4H3,(H,40,48)(H,41,45)(H,42,47)/b11-8-/t23-,24-,29+,30?,31?,38-/m1/s1. The van der Waals surface area contributed by atoms with Gasteiger partial charge in [-0.05, 0) is 94.9 Å². The molecule has 1 saturated heterocycles. The van der Waals surface area contributed by atoms with Crippen molar-refractivity contribution < 1.29 is 42.6 Å². The van der Waals surface area contributed by atoms with Gasteiger partial charge in [-0.15, -0.1) is 0 Å². The van der Waals surface area contributed by atoms with Crippen LogP contribution >= 0.6 is 11.9 Å². The van der Waals surface area contributed by atoms with E-state index < -0.39 is 59.4 Å². The Morgan fingerprint density at radius 3 is 2.64 bits per heavy atom. The van der Waals surface area contributed by atoms with Gasteiger partial charge < -0.3 is 29.7 Å². The number of hydrogen-bond acceptors (Lipinski definition) is 9. The SMILES string of the molecule is COCC1c2cccc(F)c2CCN1C(=O)O[C@@H]1CC2C(=O)N[C@]3(C(=O)NSC4CC4)C[C@H]3/C=C\CCCCC[C@H](NC(=O)OC(C)(C)C)C(=O)N2C1. The van der Waals surface area contributed by atoms with Gasteiger partial charge in [-0.1, -0.05) is 37.1 Å². The second-order valence-corrected chi connectivity index (χ2v) is 16.9. The Kier molecular flexibility index (Phi) is 11.9. The van der Waals surface area contributed by atoms with Crippen LogP contribution < -0.4 is 15.4 Å². The highest BCUT2D eigenvalue weighted by Gasteiger charge is 2.61. The second-order valence-electron chi connectivity index (χ2n) is 15.8. The molecule has 290 valence electrons. The van der Waals surface area contributed by atoms with E-state index in [1.54, 1.807) is 32.9 Å². The molecule has 3 heterocycles. The summed E-state index contributed by atoms with van der Waals surface area (Å²) in [5, 5.41) is 6.11. The van der Waals surface area contributed by atoms with Crippen LogP contribution in [0, 0.1) is 11.7 Å². The molecule has 1 aromatic rings. The van der Waals surface area contributed by atoms with E-state index in [0.29, 0.717) is 35.6 Å². The van der Waals surface area contributed by atoms with Gasteiger partial charge in [-0.25, -0.2) is 14.0 Å². The largest absolute Gasteiger partial charge is 0.444 e. The number of carbonyl (C=O) groups excluding carboxylic acids is 5. The van der Waals surface area contributed by atoms with E-state index in [4.69, 9.17) is 14.2 Å². The summed E-state index contributed by atoms with van der Waals surface area (Å²) in [5.41, 5.74) is -0.810. The van der Waals surface area contributed by atoms with Gasteiger partial charge in [0.1, 0.15) is 35.1 Å². The summed E-state index contributed by atoms with van der Waals surface area (Å²) in [6.45, 7) is 5.38. The molecule has 1 aromatic carbocycles. The van der Waals surface area contributed by atoms with E-state index in [1.807, 2.05) is 12.2 Å². The third-order valence-corrected chi connectivity index (χ3v) is 11.6. The summed E-state index contributed by atoms with van der Waals surface area (Å²) in [5.74, 6) is -1.87. The fraction of sp³-hybridized carbons (Fsp3) is 0.658. The highest BCUT2D eigenvalue weighted by atomic mass is 32.2. The van der Waals surface area contributed by atoms with Crippen molar-refractivity contribution in [3.8, 4) is 0 Å². The molecule has 5 amide bonds. The molecule has 13 nitrogen and oxygen atoms in total. The summed E-state index contributed by atoms with van der Waals surface area (Å²) in [6, 6.07) is 2.06. The monoisotopic (exact) mass is 757 g/mol. The first-order valence-corrected chi connectivity index (χ1v) is 19.7. The molecule has 6 rings (SSSR count). The van der Waals surface area contributed by atoms with Crippen molar-refractivity contribution in [2.45, 2.75) is 126 Å². The number of nitrogens with zero attached hydrogens (tertiary/aromatic N) is 2. The van der Waals surface area contributed by atoms with Crippen LogP contribution in [0.25, 0.3) is 0 Å². The van der Waals surface area contributed by atoms with Crippen LogP contribution in [0.3, 0.4) is 0 Å². The van der Waals surface area contributed by atoms with Gasteiger partial charge in [0.15, 0.2) is 0 Å². The van der Waals surface area contributed by atoms with Crippen LogP contribution in [0.1, 0.15) is 95.7 Å². The lowest BCUT2D eigenvalue weighted by Crippen LogP contribution is -2.57. The first kappa shape index (κ1) is 38.9. The lowest BCUT2D eigenvalue weighted by molar-refractivity contribution is -0.141. The maximum Gasteiger partial charge on any atom is 0.410 e. The minimum atomic E-state index is -1.17. The van der Waals surface area contributed by atoms with Crippen LogP contribution in [0.4, 0.5) is 14.0 Å². The Hall–Kier alpha value is -3.85. The van der Waals surface area contributed by atoms with Crippen molar-refractivity contribution in [3.63, 3.8) is 0 Å². The maximum absolute atomic E-state index is 14.7. The molecular weight excluding hydrogens is 706 g/mol. The summed E-state index contributed by atoms with van der Waals surface area (Å²) >= 11 is 1.38. The molecule has 6 atom stereocenters. The maximum atomic E-state index is 14.7. The van der Waals surface area contributed by atoms with Crippen LogP contribution in [0.2, 0.25) is 0 Å². The minimum Gasteiger partial charge on any atom is -0.444 e. The molecule has 3 N–H and O–H groups in total. The van der Waals surface area contributed by atoms with E-state index in [-0.39, 0.29) is 50.2 Å². The highest BCUT2D eigenvalue weighted by Crippen LogP contribution is 2.46. The van der Waals surface area contributed by atoms with Crippen LogP contribution in [0.5, 0.6) is 0 Å². The fourth-order valence-electron chi connectivity index (χ4n) is 7.50. The zero-order valence-electron chi connectivity index (χ0n) is 31.0. The topological polar surface area (TPSA) is 156 Å². The quantitative estimate of drug-likeness (QED) is 0.266. The normalized spacial score (nSPS) is 29.6. The average molecular weight is 758 g/mol. The van der Waals surface area contributed by atoms with Crippen molar-refractivity contribution in [1.82, 2.24) is 25.2 Å². The van der Waals surface area contributed by atoms with Crippen molar-refractivity contribution in [2.24, 2.45) is 5.92 Å². The van der Waals surface area contributed by atoms with Gasteiger partial charge in [0.05, 0.1) is 19.2 Å². The number of fused-ring (bicyclic) bond motifs is 3. The Labute approximate surface area is 314 Å². The molecule has 0 radical (unpaired) electrons. The van der Waals surface area contributed by atoms with Gasteiger partial charge in [0.25, 0.3) is 5.91 Å². The molecule has 0 aromatic heterocycles. The van der Waals surface area contributed by atoms with Crippen molar-refractivity contribution in [1.29, 1.82) is 0 Å². The number of allylic oxidation sites excluding steroid dienone is 1. The smallest absolute Gasteiger partial charge is 0.410 e. The summed E-state index contributed by atoms with van der Waals surface area (Å²) < 4.78 is 34.6. The molecule has 53 heavy (non-hydrogen) atoms. The number of benzene rings is 1. The van der Waals surface area contributed by atoms with Crippen molar-refractivity contribution in [3.05, 3.63) is 47.3 Å². The number of ether oxygens (including phenoxy) is 3. The van der Waals surface area contributed by atoms with E-state index in [2.05, 4.69) is 15.4 Å². The molecule has 0 bridgehead atoms. The molecule has 5 aliphatic rings. The minimum absolute atomic E-state index is 0.0223. The van der Waals surface area contributed by atoms with Crippen LogP contribution in [-0.2, 0) is 35.0 Å². The summed E-state index contributed by atoms with van der Waals surface area (Å²) in [7, 11) is 1.50. The van der Waals surface area contributed by atoms with Gasteiger partial charge in [0, 0.05) is 31.2 Å². The van der Waals surface area contributed by atoms with Gasteiger partial charge in [-0.2, -0.15) is 0 Å². The first-order chi connectivity index (χ1) is 25.3. The van der Waals surface area contributed by atoms with Crippen molar-refractivity contribution >= 4 is 41.9 Å². The molecule has 3 fully saturated rings. The van der Waals surface area contributed by atoms with Gasteiger partial charge in [0.2, 0.25) is 11.8 Å². The molecular formula is C38H52FN5O8S. The lowest BCUT2D eigenvalue weighted by atomic mass is 9.93. The van der Waals surface area contributed by atoms with Gasteiger partial charge >= 0.3 is 12.2 Å². The number of halogens is 1. The summed E-state index contributed by atoms with van der Waals surface area (Å²) in [4.78, 5) is 72.0. The van der Waals surface area contributed by atoms with Crippen LogP contribution in [0.15, 0.2) is 30.4 Å². The van der Waals surface area contributed by atoms with E-state index in [1.165, 1.54) is 34.9 Å². The zero-order chi connectivity index (χ0) is 37.9. The first-order valence-electron chi connectivity index (χ1n) is 18.8. The zero-order valence-corrected chi connectivity index (χ0v) is 31.8. The number of hydrogen-bond donors (Lipinski definition) is 3. The van der Waals surface area contributed by atoms with E-state index in [0.717, 1.165) is 32.1 Å². The number of methoxy groups -OCH3 is 1. The number of rotatable bonds is 7. The molecule has 2 aliphatic carbocycles. The number of carbonyl (C=O) groups is 5. The van der Waals surface area contributed by atoms with E-state index in [9.17, 15) is 28.4 Å². The molecule has 0 spiro atoms. The third kappa shape index (κ3) is 9.28. The third-order valence-electron chi connectivity index (χ3n) is 10.5. The molecule has 2 unspecified atom stereocenters.